The molecule has 8 heteroatoms. The molecule has 1 atom stereocenters. The molecule has 1 aliphatic rings. The highest BCUT2D eigenvalue weighted by molar-refractivity contribution is 6.35. The van der Waals surface area contributed by atoms with Crippen LogP contribution in [0, 0.1) is 0 Å². The molecule has 1 aliphatic carbocycles. The molecule has 0 bridgehead atoms. The number of aromatic nitrogens is 3. The van der Waals surface area contributed by atoms with Gasteiger partial charge in [0, 0.05) is 59.4 Å². The third kappa shape index (κ3) is 4.01. The number of carbonyl (C=O) groups excluding carboxylic acids is 1. The molecule has 33 heavy (non-hydrogen) atoms. The van der Waals surface area contributed by atoms with Gasteiger partial charge in [0.05, 0.1) is 28.5 Å². The molecule has 166 valence electrons. The zero-order chi connectivity index (χ0) is 23.1. The van der Waals surface area contributed by atoms with Crippen molar-refractivity contribution >= 4 is 45.7 Å². The van der Waals surface area contributed by atoms with Gasteiger partial charge in [-0.05, 0) is 48.7 Å². The minimum absolute atomic E-state index is 0.0616. The standard InChI is InChI=1S/C25H21Cl2N5O/c1-32(2)24-18-7-9-29-22(14-10-15(26)12-16(27)11-14)23(18)30-13-19(24)25(33)31-21-6-5-20-17(21)4-3-8-28-20/h3-4,7-13,21H,5-6H2,1-2H3,(H,31,33)/t21-/m0/s1. The highest BCUT2D eigenvalue weighted by atomic mass is 35.5. The number of fused-ring (bicyclic) bond motifs is 2. The lowest BCUT2D eigenvalue weighted by molar-refractivity contribution is 0.0937. The molecule has 5 rings (SSSR count). The van der Waals surface area contributed by atoms with Gasteiger partial charge in [-0.2, -0.15) is 0 Å². The van der Waals surface area contributed by atoms with Crippen molar-refractivity contribution in [3.63, 3.8) is 0 Å². The van der Waals surface area contributed by atoms with Crippen LogP contribution in [0.5, 0.6) is 0 Å². The molecule has 1 aromatic carbocycles. The Kier molecular flexibility index (Phi) is 5.64. The van der Waals surface area contributed by atoms with Crippen LogP contribution in [0.15, 0.2) is 55.0 Å². The molecule has 0 saturated heterocycles. The van der Waals surface area contributed by atoms with Gasteiger partial charge >= 0.3 is 0 Å². The van der Waals surface area contributed by atoms with Crippen LogP contribution >= 0.6 is 23.2 Å². The summed E-state index contributed by atoms with van der Waals surface area (Å²) in [7, 11) is 3.83. The number of carbonyl (C=O) groups is 1. The number of amides is 1. The molecule has 4 aromatic rings. The van der Waals surface area contributed by atoms with Crippen LogP contribution in [-0.4, -0.2) is 35.0 Å². The maximum Gasteiger partial charge on any atom is 0.255 e. The summed E-state index contributed by atoms with van der Waals surface area (Å²) in [5.41, 5.74) is 5.50. The molecule has 0 spiro atoms. The summed E-state index contributed by atoms with van der Waals surface area (Å²) >= 11 is 12.4. The van der Waals surface area contributed by atoms with E-state index in [-0.39, 0.29) is 11.9 Å². The molecule has 0 unspecified atom stereocenters. The van der Waals surface area contributed by atoms with Crippen LogP contribution in [0.2, 0.25) is 10.0 Å². The number of aryl methyl sites for hydroxylation is 1. The quantitative estimate of drug-likeness (QED) is 0.421. The van der Waals surface area contributed by atoms with E-state index in [1.54, 1.807) is 36.8 Å². The fourth-order valence-corrected chi connectivity index (χ4v) is 4.99. The zero-order valence-corrected chi connectivity index (χ0v) is 19.7. The van der Waals surface area contributed by atoms with Gasteiger partial charge in [-0.25, -0.2) is 0 Å². The number of halogens is 2. The fraction of sp³-hybridized carbons (Fsp3) is 0.200. The van der Waals surface area contributed by atoms with E-state index in [0.29, 0.717) is 26.8 Å². The van der Waals surface area contributed by atoms with Gasteiger partial charge in [0.1, 0.15) is 0 Å². The van der Waals surface area contributed by atoms with E-state index >= 15 is 0 Å². The first-order valence-corrected chi connectivity index (χ1v) is 11.3. The maximum atomic E-state index is 13.4. The zero-order valence-electron chi connectivity index (χ0n) is 18.1. The van der Waals surface area contributed by atoms with Crippen molar-refractivity contribution in [3.05, 3.63) is 81.9 Å². The lowest BCUT2D eigenvalue weighted by Gasteiger charge is -2.21. The average Bonchev–Trinajstić information content (AvgIpc) is 3.19. The number of nitrogens with zero attached hydrogens (tertiary/aromatic N) is 4. The molecule has 0 fully saturated rings. The van der Waals surface area contributed by atoms with Gasteiger partial charge < -0.3 is 10.2 Å². The van der Waals surface area contributed by atoms with E-state index in [2.05, 4.69) is 20.3 Å². The van der Waals surface area contributed by atoms with Crippen molar-refractivity contribution in [1.29, 1.82) is 0 Å². The Morgan fingerprint density at radius 3 is 2.61 bits per heavy atom. The molecule has 3 heterocycles. The van der Waals surface area contributed by atoms with Gasteiger partial charge in [-0.15, -0.1) is 0 Å². The third-order valence-corrected chi connectivity index (χ3v) is 6.30. The van der Waals surface area contributed by atoms with Gasteiger partial charge in [0.15, 0.2) is 0 Å². The van der Waals surface area contributed by atoms with Crippen LogP contribution in [0.3, 0.4) is 0 Å². The van der Waals surface area contributed by atoms with Gasteiger partial charge in [-0.3, -0.25) is 19.7 Å². The smallest absolute Gasteiger partial charge is 0.255 e. The summed E-state index contributed by atoms with van der Waals surface area (Å²) in [5, 5.41) is 5.04. The van der Waals surface area contributed by atoms with Crippen molar-refractivity contribution in [2.75, 3.05) is 19.0 Å². The number of hydrogen-bond acceptors (Lipinski definition) is 5. The third-order valence-electron chi connectivity index (χ3n) is 5.86. The molecular formula is C25H21Cl2N5O. The summed E-state index contributed by atoms with van der Waals surface area (Å²) < 4.78 is 0. The van der Waals surface area contributed by atoms with E-state index in [1.165, 1.54) is 0 Å². The van der Waals surface area contributed by atoms with Crippen LogP contribution in [-0.2, 0) is 6.42 Å². The predicted molar refractivity (Wildman–Crippen MR) is 132 cm³/mol. The van der Waals surface area contributed by atoms with E-state index in [0.717, 1.165) is 40.7 Å². The molecule has 6 nitrogen and oxygen atoms in total. The fourth-order valence-electron chi connectivity index (χ4n) is 4.46. The Balaban J connectivity index is 1.58. The summed E-state index contributed by atoms with van der Waals surface area (Å²) in [6.07, 6.45) is 6.80. The number of benzene rings is 1. The molecular weight excluding hydrogens is 457 g/mol. The second-order valence-electron chi connectivity index (χ2n) is 8.23. The van der Waals surface area contributed by atoms with Gasteiger partial charge in [0.2, 0.25) is 0 Å². The van der Waals surface area contributed by atoms with E-state index in [1.807, 2.05) is 37.2 Å². The number of rotatable bonds is 4. The summed E-state index contributed by atoms with van der Waals surface area (Å²) in [4.78, 5) is 28.9. The number of hydrogen-bond donors (Lipinski definition) is 1. The lowest BCUT2D eigenvalue weighted by atomic mass is 10.0. The van der Waals surface area contributed by atoms with Crippen LogP contribution in [0.4, 0.5) is 5.69 Å². The molecule has 3 aromatic heterocycles. The van der Waals surface area contributed by atoms with E-state index in [9.17, 15) is 4.79 Å². The molecule has 0 radical (unpaired) electrons. The van der Waals surface area contributed by atoms with Crippen molar-refractivity contribution < 1.29 is 4.79 Å². The average molecular weight is 478 g/mol. The lowest BCUT2D eigenvalue weighted by Crippen LogP contribution is -2.29. The van der Waals surface area contributed by atoms with Crippen LogP contribution in [0.25, 0.3) is 22.2 Å². The van der Waals surface area contributed by atoms with Gasteiger partial charge in [-0.1, -0.05) is 29.3 Å². The molecule has 0 aliphatic heterocycles. The predicted octanol–water partition coefficient (Wildman–Crippen LogP) is 5.48. The highest BCUT2D eigenvalue weighted by Gasteiger charge is 2.27. The monoisotopic (exact) mass is 477 g/mol. The second-order valence-corrected chi connectivity index (χ2v) is 9.11. The topological polar surface area (TPSA) is 71.0 Å². The summed E-state index contributed by atoms with van der Waals surface area (Å²) in [6.45, 7) is 0. The SMILES string of the molecule is CN(C)c1c(C(=O)N[C@H]2CCc3ncccc32)cnc2c(-c3cc(Cl)cc(Cl)c3)nccc12. The largest absolute Gasteiger partial charge is 0.376 e. The Hall–Kier alpha value is -3.22. The summed E-state index contributed by atoms with van der Waals surface area (Å²) in [6, 6.07) is 11.0. The first-order chi connectivity index (χ1) is 15.9. The first kappa shape index (κ1) is 21.6. The molecule has 0 saturated carbocycles. The second kappa shape index (κ2) is 8.61. The number of pyridine rings is 3. The minimum Gasteiger partial charge on any atom is -0.376 e. The van der Waals surface area contributed by atoms with Crippen molar-refractivity contribution in [1.82, 2.24) is 20.3 Å². The van der Waals surface area contributed by atoms with Gasteiger partial charge in [0.25, 0.3) is 5.91 Å². The summed E-state index contributed by atoms with van der Waals surface area (Å²) in [5.74, 6) is -0.168. The first-order valence-electron chi connectivity index (χ1n) is 10.6. The van der Waals surface area contributed by atoms with Crippen molar-refractivity contribution in [3.8, 4) is 11.3 Å². The Morgan fingerprint density at radius 2 is 1.85 bits per heavy atom. The van der Waals surface area contributed by atoms with E-state index < -0.39 is 0 Å². The van der Waals surface area contributed by atoms with Crippen LogP contribution < -0.4 is 10.2 Å². The maximum absolute atomic E-state index is 13.4. The normalized spacial score (nSPS) is 14.8. The number of nitrogens with one attached hydrogen (secondary N) is 1. The van der Waals surface area contributed by atoms with Crippen LogP contribution in [0.1, 0.15) is 34.1 Å². The highest BCUT2D eigenvalue weighted by Crippen LogP contribution is 2.36. The minimum atomic E-state index is -0.168. The Morgan fingerprint density at radius 1 is 1.06 bits per heavy atom. The molecule has 1 amide bonds. The Labute approximate surface area is 201 Å². The van der Waals surface area contributed by atoms with Crippen molar-refractivity contribution in [2.24, 2.45) is 0 Å². The van der Waals surface area contributed by atoms with E-state index in [4.69, 9.17) is 23.2 Å². The molecule has 1 N–H and O–H groups in total. The number of anilines is 1. The Bertz CT molecular complexity index is 1370. The van der Waals surface area contributed by atoms with Crippen molar-refractivity contribution in [2.45, 2.75) is 18.9 Å².